The number of benzene rings is 2. The van der Waals surface area contributed by atoms with Crippen molar-refractivity contribution in [2.24, 2.45) is 0 Å². The van der Waals surface area contributed by atoms with E-state index in [2.05, 4.69) is 20.6 Å². The zero-order chi connectivity index (χ0) is 20.8. The van der Waals surface area contributed by atoms with Gasteiger partial charge in [0.1, 0.15) is 5.82 Å². The lowest BCUT2D eigenvalue weighted by Gasteiger charge is -2.14. The molecule has 7 heteroatoms. The summed E-state index contributed by atoms with van der Waals surface area (Å²) in [6.07, 6.45) is 3.22. The number of carbonyl (C=O) groups excluding carboxylic acids is 1. The fraction of sp³-hybridized carbons (Fsp3) is 0.136. The molecular formula is C22H22ClN5O. The molecule has 0 spiro atoms. The van der Waals surface area contributed by atoms with Gasteiger partial charge in [-0.2, -0.15) is 4.98 Å². The number of anilines is 4. The van der Waals surface area contributed by atoms with Gasteiger partial charge in [0.05, 0.1) is 0 Å². The normalized spacial score (nSPS) is 10.8. The Bertz CT molecular complexity index is 1010. The van der Waals surface area contributed by atoms with E-state index in [0.29, 0.717) is 16.7 Å². The van der Waals surface area contributed by atoms with Crippen LogP contribution in [-0.2, 0) is 4.79 Å². The minimum absolute atomic E-state index is 0.210. The fourth-order valence-electron chi connectivity index (χ4n) is 2.53. The molecule has 0 aliphatic rings. The SMILES string of the molecule is Cc1cc(N(C)C)nc(Nc2ccc(NC(=O)/C=C/c3ccc(Cl)cc3)cc2)n1. The third kappa shape index (κ3) is 6.05. The van der Waals surface area contributed by atoms with Gasteiger partial charge >= 0.3 is 0 Å². The van der Waals surface area contributed by atoms with E-state index in [4.69, 9.17) is 11.6 Å². The summed E-state index contributed by atoms with van der Waals surface area (Å²) in [5, 5.41) is 6.68. The Kier molecular flexibility index (Phi) is 6.46. The second-order valence-corrected chi connectivity index (χ2v) is 7.10. The van der Waals surface area contributed by atoms with Crippen molar-refractivity contribution < 1.29 is 4.79 Å². The quantitative estimate of drug-likeness (QED) is 0.569. The molecule has 0 aliphatic carbocycles. The largest absolute Gasteiger partial charge is 0.363 e. The van der Waals surface area contributed by atoms with Gasteiger partial charge in [-0.1, -0.05) is 23.7 Å². The monoisotopic (exact) mass is 407 g/mol. The topological polar surface area (TPSA) is 70.2 Å². The Morgan fingerprint density at radius 3 is 2.31 bits per heavy atom. The molecule has 0 atom stereocenters. The summed E-state index contributed by atoms with van der Waals surface area (Å²) in [6.45, 7) is 1.93. The van der Waals surface area contributed by atoms with Crippen LogP contribution < -0.4 is 15.5 Å². The van der Waals surface area contributed by atoms with Gasteiger partial charge in [0, 0.05) is 48.3 Å². The maximum Gasteiger partial charge on any atom is 0.248 e. The zero-order valence-corrected chi connectivity index (χ0v) is 17.2. The van der Waals surface area contributed by atoms with Crippen LogP contribution in [0.4, 0.5) is 23.1 Å². The number of hydrogen-bond acceptors (Lipinski definition) is 5. The van der Waals surface area contributed by atoms with E-state index in [9.17, 15) is 4.79 Å². The number of amides is 1. The summed E-state index contributed by atoms with van der Waals surface area (Å²) in [5.74, 6) is 1.14. The number of carbonyl (C=O) groups is 1. The van der Waals surface area contributed by atoms with Crippen molar-refractivity contribution in [3.05, 3.63) is 77.0 Å². The molecule has 2 N–H and O–H groups in total. The first-order valence-corrected chi connectivity index (χ1v) is 9.41. The molecule has 0 aliphatic heterocycles. The lowest BCUT2D eigenvalue weighted by atomic mass is 10.2. The Balaban J connectivity index is 1.61. The molecular weight excluding hydrogens is 386 g/mol. The van der Waals surface area contributed by atoms with Crippen molar-refractivity contribution in [1.29, 1.82) is 0 Å². The number of nitrogens with one attached hydrogen (secondary N) is 2. The van der Waals surface area contributed by atoms with Crippen LogP contribution in [-0.4, -0.2) is 30.0 Å². The Labute approximate surface area is 175 Å². The van der Waals surface area contributed by atoms with Gasteiger partial charge in [-0.25, -0.2) is 4.98 Å². The van der Waals surface area contributed by atoms with E-state index in [1.165, 1.54) is 6.08 Å². The van der Waals surface area contributed by atoms with Crippen LogP contribution in [0.3, 0.4) is 0 Å². The van der Waals surface area contributed by atoms with Crippen molar-refractivity contribution in [3.8, 4) is 0 Å². The van der Waals surface area contributed by atoms with Crippen molar-refractivity contribution in [1.82, 2.24) is 9.97 Å². The molecule has 29 heavy (non-hydrogen) atoms. The van der Waals surface area contributed by atoms with Gasteiger partial charge in [0.2, 0.25) is 11.9 Å². The van der Waals surface area contributed by atoms with E-state index in [1.54, 1.807) is 18.2 Å². The van der Waals surface area contributed by atoms with Gasteiger partial charge in [0.15, 0.2) is 0 Å². The smallest absolute Gasteiger partial charge is 0.248 e. The number of halogens is 1. The third-order valence-electron chi connectivity index (χ3n) is 4.00. The van der Waals surface area contributed by atoms with Crippen LogP contribution >= 0.6 is 11.6 Å². The lowest BCUT2D eigenvalue weighted by Crippen LogP contribution is -2.12. The molecule has 148 valence electrons. The molecule has 0 saturated heterocycles. The maximum absolute atomic E-state index is 12.1. The Morgan fingerprint density at radius 1 is 1.00 bits per heavy atom. The third-order valence-corrected chi connectivity index (χ3v) is 4.26. The predicted octanol–water partition coefficient (Wildman–Crippen LogP) is 4.90. The van der Waals surface area contributed by atoms with Crippen molar-refractivity contribution >= 4 is 46.7 Å². The van der Waals surface area contributed by atoms with Gasteiger partial charge in [-0.05, 0) is 55.0 Å². The highest BCUT2D eigenvalue weighted by atomic mass is 35.5. The minimum Gasteiger partial charge on any atom is -0.363 e. The molecule has 3 rings (SSSR count). The fourth-order valence-corrected chi connectivity index (χ4v) is 2.66. The van der Waals surface area contributed by atoms with E-state index in [1.807, 2.05) is 68.4 Å². The number of aromatic nitrogens is 2. The van der Waals surface area contributed by atoms with E-state index in [0.717, 1.165) is 22.8 Å². The van der Waals surface area contributed by atoms with E-state index < -0.39 is 0 Å². The molecule has 1 aromatic heterocycles. The summed E-state index contributed by atoms with van der Waals surface area (Å²) < 4.78 is 0. The number of hydrogen-bond donors (Lipinski definition) is 2. The first-order valence-electron chi connectivity index (χ1n) is 9.04. The number of aryl methyl sites for hydroxylation is 1. The highest BCUT2D eigenvalue weighted by Crippen LogP contribution is 2.19. The summed E-state index contributed by atoms with van der Waals surface area (Å²) in [7, 11) is 3.87. The molecule has 0 radical (unpaired) electrons. The minimum atomic E-state index is -0.210. The molecule has 6 nitrogen and oxygen atoms in total. The lowest BCUT2D eigenvalue weighted by molar-refractivity contribution is -0.111. The number of nitrogens with zero attached hydrogens (tertiary/aromatic N) is 3. The zero-order valence-electron chi connectivity index (χ0n) is 16.5. The molecule has 0 unspecified atom stereocenters. The molecule has 3 aromatic rings. The van der Waals surface area contributed by atoms with E-state index in [-0.39, 0.29) is 5.91 Å². The summed E-state index contributed by atoms with van der Waals surface area (Å²) in [6, 6.07) is 16.5. The Hall–Kier alpha value is -3.38. The molecule has 1 amide bonds. The van der Waals surface area contributed by atoms with Gasteiger partial charge in [0.25, 0.3) is 0 Å². The predicted molar refractivity (Wildman–Crippen MR) is 120 cm³/mol. The molecule has 2 aromatic carbocycles. The van der Waals surface area contributed by atoms with Gasteiger partial charge in [-0.15, -0.1) is 0 Å². The molecule has 1 heterocycles. The molecule has 0 fully saturated rings. The van der Waals surface area contributed by atoms with Crippen LogP contribution in [0, 0.1) is 6.92 Å². The molecule has 0 saturated carbocycles. The second kappa shape index (κ2) is 9.21. The summed E-state index contributed by atoms with van der Waals surface area (Å²) in [5.41, 5.74) is 3.30. The van der Waals surface area contributed by atoms with Crippen LogP contribution in [0.5, 0.6) is 0 Å². The first-order chi connectivity index (χ1) is 13.9. The summed E-state index contributed by atoms with van der Waals surface area (Å²) in [4.78, 5) is 22.9. The number of rotatable bonds is 6. The highest BCUT2D eigenvalue weighted by Gasteiger charge is 2.05. The second-order valence-electron chi connectivity index (χ2n) is 6.66. The van der Waals surface area contributed by atoms with Crippen LogP contribution in [0.1, 0.15) is 11.3 Å². The standard InChI is InChI=1S/C22H22ClN5O/c1-15-14-20(28(2)3)27-22(24-15)26-19-11-9-18(10-12-19)25-21(29)13-6-16-4-7-17(23)8-5-16/h4-14H,1-3H3,(H,25,29)(H,24,26,27)/b13-6+. The average molecular weight is 408 g/mol. The van der Waals surface area contributed by atoms with Gasteiger partial charge < -0.3 is 15.5 Å². The van der Waals surface area contributed by atoms with Crippen molar-refractivity contribution in [2.45, 2.75) is 6.92 Å². The first kappa shape index (κ1) is 20.4. The maximum atomic E-state index is 12.1. The summed E-state index contributed by atoms with van der Waals surface area (Å²) >= 11 is 5.86. The molecule has 0 bridgehead atoms. The Morgan fingerprint density at radius 2 is 1.66 bits per heavy atom. The van der Waals surface area contributed by atoms with E-state index >= 15 is 0 Å². The van der Waals surface area contributed by atoms with Crippen LogP contribution in [0.2, 0.25) is 5.02 Å². The van der Waals surface area contributed by atoms with Gasteiger partial charge in [-0.3, -0.25) is 4.79 Å². The van der Waals surface area contributed by atoms with Crippen molar-refractivity contribution in [3.63, 3.8) is 0 Å². The highest BCUT2D eigenvalue weighted by molar-refractivity contribution is 6.30. The van der Waals surface area contributed by atoms with Crippen LogP contribution in [0.25, 0.3) is 6.08 Å². The van der Waals surface area contributed by atoms with Crippen molar-refractivity contribution in [2.75, 3.05) is 29.6 Å². The average Bonchev–Trinajstić information content (AvgIpc) is 2.68. The van der Waals surface area contributed by atoms with Crippen LogP contribution in [0.15, 0.2) is 60.7 Å².